The number of rotatable bonds is 8. The maximum Gasteiger partial charge on any atom is 0.261 e. The van der Waals surface area contributed by atoms with Gasteiger partial charge < -0.3 is 15.5 Å². The molecule has 0 spiro atoms. The zero-order valence-corrected chi connectivity index (χ0v) is 15.9. The van der Waals surface area contributed by atoms with E-state index >= 15 is 0 Å². The Morgan fingerprint density at radius 1 is 1.32 bits per heavy atom. The lowest BCUT2D eigenvalue weighted by molar-refractivity contribution is -0.121. The van der Waals surface area contributed by atoms with Gasteiger partial charge in [0.05, 0.1) is 15.2 Å². The summed E-state index contributed by atoms with van der Waals surface area (Å²) in [5.74, 6) is 0.124. The van der Waals surface area contributed by atoms with E-state index in [9.17, 15) is 9.59 Å². The molecule has 0 aliphatic carbocycles. The van der Waals surface area contributed by atoms with Crippen LogP contribution >= 0.6 is 27.3 Å². The topological polar surface area (TPSA) is 61.4 Å². The number of carbonyl (C=O) groups excluding carboxylic acids is 2. The fourth-order valence-corrected chi connectivity index (χ4v) is 3.45. The molecular formula is C15H24BrN3O2S. The molecule has 5 nitrogen and oxygen atoms in total. The van der Waals surface area contributed by atoms with Gasteiger partial charge in [0, 0.05) is 12.6 Å². The Bertz CT molecular complexity index is 493. The van der Waals surface area contributed by atoms with E-state index in [1.165, 1.54) is 11.3 Å². The van der Waals surface area contributed by atoms with E-state index in [1.54, 1.807) is 6.07 Å². The Balaban J connectivity index is 2.44. The van der Waals surface area contributed by atoms with Crippen LogP contribution in [0, 0.1) is 5.92 Å². The molecule has 0 aliphatic heterocycles. The van der Waals surface area contributed by atoms with Crippen LogP contribution < -0.4 is 10.6 Å². The molecule has 0 radical (unpaired) electrons. The molecule has 7 heteroatoms. The van der Waals surface area contributed by atoms with Crippen molar-refractivity contribution in [2.45, 2.75) is 26.3 Å². The Morgan fingerprint density at radius 2 is 2.00 bits per heavy atom. The lowest BCUT2D eigenvalue weighted by Crippen LogP contribution is -2.46. The standard InChI is InChI=1S/C15H24BrN3O2S/c1-10(2)7-11(9-19(3)4)18-14(20)8-17-15(21)12-5-6-13(16)22-12/h5-6,10-11H,7-9H2,1-4H3,(H,17,21)(H,18,20)/t11-/m0/s1. The van der Waals surface area contributed by atoms with E-state index in [0.29, 0.717) is 10.8 Å². The van der Waals surface area contributed by atoms with Gasteiger partial charge in [-0.3, -0.25) is 9.59 Å². The van der Waals surface area contributed by atoms with Gasteiger partial charge in [-0.25, -0.2) is 0 Å². The van der Waals surface area contributed by atoms with Gasteiger partial charge in [0.2, 0.25) is 5.91 Å². The van der Waals surface area contributed by atoms with E-state index < -0.39 is 0 Å². The average Bonchev–Trinajstić information content (AvgIpc) is 2.81. The van der Waals surface area contributed by atoms with Crippen LogP contribution in [-0.4, -0.2) is 49.9 Å². The van der Waals surface area contributed by atoms with Crippen LogP contribution in [0.25, 0.3) is 0 Å². The van der Waals surface area contributed by atoms with Crippen LogP contribution in [0.4, 0.5) is 0 Å². The van der Waals surface area contributed by atoms with Crippen molar-refractivity contribution >= 4 is 39.1 Å². The van der Waals surface area contributed by atoms with Gasteiger partial charge in [0.25, 0.3) is 5.91 Å². The number of nitrogens with zero attached hydrogens (tertiary/aromatic N) is 1. The third-order valence-corrected chi connectivity index (χ3v) is 4.54. The van der Waals surface area contributed by atoms with Gasteiger partial charge in [-0.15, -0.1) is 11.3 Å². The lowest BCUT2D eigenvalue weighted by Gasteiger charge is -2.24. The number of hydrogen-bond acceptors (Lipinski definition) is 4. The predicted octanol–water partition coefficient (Wildman–Crippen LogP) is 2.33. The molecule has 1 heterocycles. The molecule has 124 valence electrons. The van der Waals surface area contributed by atoms with Crippen molar-refractivity contribution in [2.75, 3.05) is 27.2 Å². The summed E-state index contributed by atoms with van der Waals surface area (Å²) in [5, 5.41) is 5.64. The van der Waals surface area contributed by atoms with Crippen molar-refractivity contribution in [1.82, 2.24) is 15.5 Å². The van der Waals surface area contributed by atoms with E-state index in [0.717, 1.165) is 16.8 Å². The van der Waals surface area contributed by atoms with Crippen LogP contribution in [-0.2, 0) is 4.79 Å². The third kappa shape index (κ3) is 7.38. The van der Waals surface area contributed by atoms with E-state index in [-0.39, 0.29) is 24.4 Å². The Hall–Kier alpha value is -0.920. The van der Waals surface area contributed by atoms with Gasteiger partial charge in [-0.1, -0.05) is 13.8 Å². The third-order valence-electron chi connectivity index (χ3n) is 2.91. The molecule has 0 saturated carbocycles. The number of hydrogen-bond donors (Lipinski definition) is 2. The SMILES string of the molecule is CC(C)C[C@@H](CN(C)C)NC(=O)CNC(=O)c1ccc(Br)s1. The number of nitrogens with one attached hydrogen (secondary N) is 2. The van der Waals surface area contributed by atoms with Gasteiger partial charge >= 0.3 is 0 Å². The minimum atomic E-state index is -0.223. The number of likely N-dealkylation sites (N-methyl/N-ethyl adjacent to an activating group) is 1. The van der Waals surface area contributed by atoms with E-state index in [4.69, 9.17) is 0 Å². The summed E-state index contributed by atoms with van der Waals surface area (Å²) in [6.45, 7) is 5.04. The molecule has 0 bridgehead atoms. The molecule has 2 N–H and O–H groups in total. The Kier molecular flexibility index (Phi) is 8.06. The molecule has 0 saturated heterocycles. The van der Waals surface area contributed by atoms with Crippen LogP contribution in [0.2, 0.25) is 0 Å². The fraction of sp³-hybridized carbons (Fsp3) is 0.600. The Labute approximate surface area is 144 Å². The zero-order valence-electron chi connectivity index (χ0n) is 13.5. The maximum absolute atomic E-state index is 12.0. The minimum absolute atomic E-state index is 0.00360. The highest BCUT2D eigenvalue weighted by Gasteiger charge is 2.16. The van der Waals surface area contributed by atoms with Crippen molar-refractivity contribution in [2.24, 2.45) is 5.92 Å². The summed E-state index contributed by atoms with van der Waals surface area (Å²) in [6.07, 6.45) is 0.912. The summed E-state index contributed by atoms with van der Waals surface area (Å²) in [4.78, 5) is 26.5. The molecule has 1 aromatic rings. The van der Waals surface area contributed by atoms with Crippen molar-refractivity contribution in [3.05, 3.63) is 20.8 Å². The summed E-state index contributed by atoms with van der Waals surface area (Å²) >= 11 is 4.66. The molecule has 1 atom stereocenters. The quantitative estimate of drug-likeness (QED) is 0.716. The number of carbonyl (C=O) groups is 2. The number of thiophene rings is 1. The molecule has 0 fully saturated rings. The van der Waals surface area contributed by atoms with E-state index in [1.807, 2.05) is 20.2 Å². The summed E-state index contributed by atoms with van der Waals surface area (Å²) in [6, 6.07) is 3.64. The van der Waals surface area contributed by atoms with Crippen LogP contribution in [0.5, 0.6) is 0 Å². The number of amides is 2. The highest BCUT2D eigenvalue weighted by molar-refractivity contribution is 9.11. The molecule has 0 aromatic carbocycles. The highest BCUT2D eigenvalue weighted by Crippen LogP contribution is 2.21. The first kappa shape index (κ1) is 19.1. The summed E-state index contributed by atoms with van der Waals surface area (Å²) in [7, 11) is 3.96. The maximum atomic E-state index is 12.0. The van der Waals surface area contributed by atoms with Crippen molar-refractivity contribution < 1.29 is 9.59 Å². The van der Waals surface area contributed by atoms with E-state index in [2.05, 4.69) is 45.3 Å². The molecule has 1 rings (SSSR count). The summed E-state index contributed by atoms with van der Waals surface area (Å²) in [5.41, 5.74) is 0. The fourth-order valence-electron chi connectivity index (χ4n) is 2.15. The molecular weight excluding hydrogens is 366 g/mol. The van der Waals surface area contributed by atoms with Gasteiger partial charge in [0.1, 0.15) is 0 Å². The second-order valence-corrected chi connectivity index (χ2v) is 8.41. The summed E-state index contributed by atoms with van der Waals surface area (Å²) < 4.78 is 0.894. The smallest absolute Gasteiger partial charge is 0.261 e. The average molecular weight is 390 g/mol. The number of halogens is 1. The first-order valence-corrected chi connectivity index (χ1v) is 8.86. The first-order valence-electron chi connectivity index (χ1n) is 7.25. The predicted molar refractivity (Wildman–Crippen MR) is 94.3 cm³/mol. The Morgan fingerprint density at radius 3 is 2.50 bits per heavy atom. The monoisotopic (exact) mass is 389 g/mol. The van der Waals surface area contributed by atoms with Crippen LogP contribution in [0.3, 0.4) is 0 Å². The van der Waals surface area contributed by atoms with Gasteiger partial charge in [-0.05, 0) is 54.5 Å². The molecule has 22 heavy (non-hydrogen) atoms. The molecule has 0 unspecified atom stereocenters. The van der Waals surface area contributed by atoms with Crippen molar-refractivity contribution in [1.29, 1.82) is 0 Å². The molecule has 2 amide bonds. The normalized spacial score (nSPS) is 12.5. The lowest BCUT2D eigenvalue weighted by atomic mass is 10.0. The van der Waals surface area contributed by atoms with Crippen LogP contribution in [0.1, 0.15) is 29.9 Å². The van der Waals surface area contributed by atoms with Gasteiger partial charge in [-0.2, -0.15) is 0 Å². The second-order valence-electron chi connectivity index (χ2n) is 5.94. The van der Waals surface area contributed by atoms with Crippen molar-refractivity contribution in [3.63, 3.8) is 0 Å². The second kappa shape index (κ2) is 9.27. The molecule has 1 aromatic heterocycles. The van der Waals surface area contributed by atoms with Gasteiger partial charge in [0.15, 0.2) is 0 Å². The largest absolute Gasteiger partial charge is 0.351 e. The minimum Gasteiger partial charge on any atom is -0.351 e. The van der Waals surface area contributed by atoms with Crippen molar-refractivity contribution in [3.8, 4) is 0 Å². The first-order chi connectivity index (χ1) is 10.3. The molecule has 0 aliphatic rings. The van der Waals surface area contributed by atoms with Crippen LogP contribution in [0.15, 0.2) is 15.9 Å². The zero-order chi connectivity index (χ0) is 16.7. The highest BCUT2D eigenvalue weighted by atomic mass is 79.9.